The van der Waals surface area contributed by atoms with E-state index >= 15 is 0 Å². The quantitative estimate of drug-likeness (QED) is 0.0740. The molecule has 0 saturated carbocycles. The van der Waals surface area contributed by atoms with Crippen LogP contribution in [0.5, 0.6) is 0 Å². The molecule has 0 spiro atoms. The number of nitrogens with one attached hydrogen (secondary N) is 1. The van der Waals surface area contributed by atoms with E-state index < -0.39 is 0 Å². The summed E-state index contributed by atoms with van der Waals surface area (Å²) in [5.41, 5.74) is 17.3. The van der Waals surface area contributed by atoms with Gasteiger partial charge in [-0.15, -0.1) is 0 Å². The fourth-order valence-corrected chi connectivity index (χ4v) is 12.0. The van der Waals surface area contributed by atoms with Crippen LogP contribution < -0.4 is 15.1 Å². The minimum Gasteiger partial charge on any atom is -0.422 e. The normalized spacial score (nSPS) is 21.9. The molecule has 0 fully saturated rings. The number of fused-ring (bicyclic) bond motifs is 4. The summed E-state index contributed by atoms with van der Waals surface area (Å²) >= 11 is 0. The second-order valence-electron chi connectivity index (χ2n) is 21.6. The van der Waals surface area contributed by atoms with Gasteiger partial charge in [0.1, 0.15) is 14.1 Å². The first kappa shape index (κ1) is 48.8. The van der Waals surface area contributed by atoms with Gasteiger partial charge in [0, 0.05) is 106 Å². The van der Waals surface area contributed by atoms with Gasteiger partial charge in [0.2, 0.25) is 11.4 Å². The topological polar surface area (TPSA) is 93.3 Å². The molecule has 4 heterocycles. The van der Waals surface area contributed by atoms with Crippen molar-refractivity contribution in [3.8, 4) is 0 Å². The molecule has 0 aromatic heterocycles. The number of rotatable bonds is 10. The van der Waals surface area contributed by atoms with Crippen molar-refractivity contribution in [2.24, 2.45) is 4.99 Å². The summed E-state index contributed by atoms with van der Waals surface area (Å²) in [6, 6.07) is 35.6. The third-order valence-corrected chi connectivity index (χ3v) is 16.1. The summed E-state index contributed by atoms with van der Waals surface area (Å²) in [5.74, 6) is 0.0521. The predicted octanol–water partition coefficient (Wildman–Crippen LogP) is 12.1. The van der Waals surface area contributed by atoms with Crippen LogP contribution in [0, 0.1) is 0 Å². The first-order valence-corrected chi connectivity index (χ1v) is 25.2. The Bertz CT molecular complexity index is 3280. The molecule has 0 saturated heterocycles. The van der Waals surface area contributed by atoms with Crippen molar-refractivity contribution in [3.05, 3.63) is 194 Å². The Balaban J connectivity index is 0.000000176. The van der Waals surface area contributed by atoms with Gasteiger partial charge >= 0.3 is 0 Å². The lowest BCUT2D eigenvalue weighted by Crippen LogP contribution is -2.36. The van der Waals surface area contributed by atoms with Crippen LogP contribution in [-0.2, 0) is 31.2 Å². The van der Waals surface area contributed by atoms with Crippen LogP contribution in [0.2, 0.25) is 0 Å². The highest BCUT2D eigenvalue weighted by Crippen LogP contribution is 2.51. The van der Waals surface area contributed by atoms with Gasteiger partial charge in [0.25, 0.3) is 0 Å². The zero-order valence-electron chi connectivity index (χ0n) is 43.9. The minimum absolute atomic E-state index is 0.0747. The maximum absolute atomic E-state index is 13.8. The SMILES string of the molecule is CCCCNC1=C(C=C2N(CC)c3ccccc3C2(C)C)C(=O)C1=CC1=[N+](C)c2ccccc2C1(C)C.CN1C(=CC2=C(N=C=[N-])C(=CC3=[N+](C)c4ccccc4C3(C)C)C2=O)C(C)(C)c2ccccc21. The Morgan fingerprint density at radius 2 is 1.07 bits per heavy atom. The average molecular weight is 943 g/mol. The molecule has 4 aliphatic heterocycles. The predicted molar refractivity (Wildman–Crippen MR) is 291 cm³/mol. The highest BCUT2D eigenvalue weighted by molar-refractivity contribution is 6.26. The van der Waals surface area contributed by atoms with Crippen LogP contribution in [0.4, 0.5) is 22.7 Å². The van der Waals surface area contributed by atoms with Crippen LogP contribution in [0.3, 0.4) is 0 Å². The Kier molecular flexibility index (Phi) is 12.3. The number of anilines is 2. The number of unbranched alkanes of at least 4 members (excludes halogenated alkanes) is 1. The molecular weight excluding hydrogens is 875 g/mol. The van der Waals surface area contributed by atoms with Gasteiger partial charge in [-0.3, -0.25) is 9.59 Å². The molecule has 6 aliphatic rings. The molecule has 4 aromatic rings. The van der Waals surface area contributed by atoms with Crippen molar-refractivity contribution >= 4 is 51.7 Å². The van der Waals surface area contributed by atoms with Crippen LogP contribution in [0.1, 0.15) is 104 Å². The van der Waals surface area contributed by atoms with E-state index in [2.05, 4.69) is 190 Å². The zero-order valence-corrected chi connectivity index (χ0v) is 43.9. The van der Waals surface area contributed by atoms with E-state index in [-0.39, 0.29) is 33.2 Å². The molecule has 0 bridgehead atoms. The number of aliphatic imine (C=N–C) groups is 1. The van der Waals surface area contributed by atoms with Crippen molar-refractivity contribution in [2.75, 3.05) is 44.0 Å². The molecule has 2 aliphatic carbocycles. The molecule has 9 nitrogen and oxygen atoms in total. The molecule has 9 heteroatoms. The summed E-state index contributed by atoms with van der Waals surface area (Å²) in [4.78, 5) is 35.8. The third-order valence-electron chi connectivity index (χ3n) is 16.1. The van der Waals surface area contributed by atoms with Gasteiger partial charge in [-0.05, 0) is 82.1 Å². The van der Waals surface area contributed by atoms with Gasteiger partial charge < -0.3 is 25.5 Å². The van der Waals surface area contributed by atoms with Crippen molar-refractivity contribution in [3.63, 3.8) is 0 Å². The van der Waals surface area contributed by atoms with Gasteiger partial charge in [0.05, 0.1) is 22.1 Å². The van der Waals surface area contributed by atoms with E-state index in [0.717, 1.165) is 71.3 Å². The van der Waals surface area contributed by atoms with E-state index in [1.165, 1.54) is 39.3 Å². The number of ketones is 2. The molecule has 1 N–H and O–H groups in total. The van der Waals surface area contributed by atoms with Crippen LogP contribution in [-0.4, -0.2) is 72.4 Å². The number of benzene rings is 4. The van der Waals surface area contributed by atoms with Crippen molar-refractivity contribution in [2.45, 2.75) is 104 Å². The largest absolute Gasteiger partial charge is 0.422 e. The summed E-state index contributed by atoms with van der Waals surface area (Å²) in [6.45, 7) is 23.8. The van der Waals surface area contributed by atoms with Crippen LogP contribution in [0.15, 0.2) is 171 Å². The van der Waals surface area contributed by atoms with E-state index in [1.54, 1.807) is 0 Å². The monoisotopic (exact) mass is 943 g/mol. The molecule has 10 rings (SSSR count). The highest BCUT2D eigenvalue weighted by Gasteiger charge is 2.48. The highest BCUT2D eigenvalue weighted by atomic mass is 16.1. The Hall–Kier alpha value is -7.22. The Morgan fingerprint density at radius 3 is 1.59 bits per heavy atom. The lowest BCUT2D eigenvalue weighted by atomic mass is 9.77. The number of carbonyl (C=O) groups excluding carboxylic acids is 2. The van der Waals surface area contributed by atoms with Crippen molar-refractivity contribution < 1.29 is 18.7 Å². The second kappa shape index (κ2) is 17.9. The summed E-state index contributed by atoms with van der Waals surface area (Å²) in [5, 5.41) is 13.0. The zero-order chi connectivity index (χ0) is 50.9. The molecule has 0 amide bonds. The lowest BCUT2D eigenvalue weighted by molar-refractivity contribution is -0.401. The van der Waals surface area contributed by atoms with E-state index in [1.807, 2.05) is 56.5 Å². The third kappa shape index (κ3) is 7.59. The summed E-state index contributed by atoms with van der Waals surface area (Å²) in [6.07, 6.45) is 10.3. The Morgan fingerprint density at radius 1 is 0.606 bits per heavy atom. The molecule has 0 unspecified atom stereocenters. The van der Waals surface area contributed by atoms with Crippen molar-refractivity contribution in [1.29, 1.82) is 0 Å². The van der Waals surface area contributed by atoms with Gasteiger partial charge in [-0.1, -0.05) is 114 Å². The van der Waals surface area contributed by atoms with E-state index in [9.17, 15) is 15.0 Å². The summed E-state index contributed by atoms with van der Waals surface area (Å²) in [7, 11) is 6.14. The van der Waals surface area contributed by atoms with E-state index in [4.69, 9.17) is 0 Å². The number of carbonyl (C=O) groups is 2. The van der Waals surface area contributed by atoms with E-state index in [0.29, 0.717) is 16.8 Å². The molecule has 362 valence electrons. The summed E-state index contributed by atoms with van der Waals surface area (Å²) < 4.78 is 4.37. The molecule has 0 atom stereocenters. The maximum Gasteiger partial charge on any atom is 0.209 e. The van der Waals surface area contributed by atoms with Gasteiger partial charge in [-0.25, -0.2) is 0 Å². The fourth-order valence-electron chi connectivity index (χ4n) is 12.0. The van der Waals surface area contributed by atoms with Crippen LogP contribution >= 0.6 is 0 Å². The number of likely N-dealkylation sites (N-methyl/N-ethyl adjacent to an activating group) is 2. The number of allylic oxidation sites excluding steroid dienone is 10. The first-order valence-electron chi connectivity index (χ1n) is 25.2. The Labute approximate surface area is 420 Å². The molecule has 0 radical (unpaired) electrons. The lowest BCUT2D eigenvalue weighted by Gasteiger charge is -2.30. The number of hydrogen-bond donors (Lipinski definition) is 1. The van der Waals surface area contributed by atoms with Crippen LogP contribution in [0.25, 0.3) is 5.41 Å². The smallest absolute Gasteiger partial charge is 0.209 e. The number of Topliss-reactive ketones (excluding diaryl/α,β-unsaturated/α-hetero) is 2. The number of hydrogen-bond acceptors (Lipinski definition) is 6. The minimum atomic E-state index is -0.264. The van der Waals surface area contributed by atoms with Crippen molar-refractivity contribution in [1.82, 2.24) is 5.32 Å². The average Bonchev–Trinajstić information content (AvgIpc) is 3.87. The number of nitrogens with zero attached hydrogens (tertiary/aromatic N) is 6. The van der Waals surface area contributed by atoms with Gasteiger partial charge in [0.15, 0.2) is 23.0 Å². The first-order chi connectivity index (χ1) is 33.7. The second-order valence-corrected chi connectivity index (χ2v) is 21.6. The molecule has 4 aromatic carbocycles. The molecular formula is C62H68N7O2+. The maximum atomic E-state index is 13.8. The molecule has 71 heavy (non-hydrogen) atoms. The number of para-hydroxylation sites is 4. The van der Waals surface area contributed by atoms with Gasteiger partial charge in [-0.2, -0.15) is 15.2 Å². The fraction of sp³-hybridized carbons (Fsp3) is 0.339. The standard InChI is InChI=1S/C33H39N3O.C29H28N4O/c1-8-10-19-34-30-22(20-28-32(3,4)24-15-11-13-17-26(24)35(28)7)31(37)23(30)21-29-33(5,6)25-16-12-14-18-27(25)36(29)9-2;1-28(2)20-11-7-9-13-22(20)32(5)24(28)15-18-26(31-17-30)19(27(18)34)16-25-29(3,4)21-12-8-10-14-23(21)33(25)6/h11-18,20-21H,8-10,19H2,1-7H3;7-16H,1-6H3/p+1.